The Bertz CT molecular complexity index is 640. The summed E-state index contributed by atoms with van der Waals surface area (Å²) in [7, 11) is 0. The molecule has 0 bridgehead atoms. The molecule has 2 rings (SSSR count). The maximum absolute atomic E-state index is 11.6. The average molecular weight is 381 g/mol. The van der Waals surface area contributed by atoms with Crippen LogP contribution < -0.4 is 5.56 Å². The van der Waals surface area contributed by atoms with Crippen LogP contribution >= 0.6 is 45.8 Å². The van der Waals surface area contributed by atoms with E-state index in [0.29, 0.717) is 30.7 Å². The van der Waals surface area contributed by atoms with E-state index in [4.69, 9.17) is 23.2 Å². The highest BCUT2D eigenvalue weighted by Crippen LogP contribution is 2.27. The summed E-state index contributed by atoms with van der Waals surface area (Å²) in [6, 6.07) is 5.05. The predicted molar refractivity (Wildman–Crippen MR) is 77.8 cm³/mol. The number of halogens is 3. The van der Waals surface area contributed by atoms with Gasteiger partial charge >= 0.3 is 0 Å². The number of aromatic amines is 1. The van der Waals surface area contributed by atoms with Crippen molar-refractivity contribution >= 4 is 45.8 Å². The maximum atomic E-state index is 11.6. The largest absolute Gasteiger partial charge is 0.306 e. The molecule has 3 nitrogen and oxygen atoms in total. The fourth-order valence-electron chi connectivity index (χ4n) is 1.38. The van der Waals surface area contributed by atoms with Gasteiger partial charge in [0.25, 0.3) is 5.56 Å². The number of hydrogen-bond donors (Lipinski definition) is 1. The molecule has 0 amide bonds. The number of nitrogens with one attached hydrogen (secondary N) is 1. The van der Waals surface area contributed by atoms with Gasteiger partial charge in [0.1, 0.15) is 5.82 Å². The van der Waals surface area contributed by atoms with Gasteiger partial charge in [0.05, 0.1) is 14.3 Å². The molecule has 0 fully saturated rings. The van der Waals surface area contributed by atoms with E-state index in [1.807, 2.05) is 22.6 Å². The second-order valence-corrected chi connectivity index (χ2v) is 5.36. The van der Waals surface area contributed by atoms with Crippen molar-refractivity contribution in [2.24, 2.45) is 0 Å². The van der Waals surface area contributed by atoms with Crippen molar-refractivity contribution in [2.45, 2.75) is 6.92 Å². The minimum Gasteiger partial charge on any atom is -0.306 e. The summed E-state index contributed by atoms with van der Waals surface area (Å²) < 4.78 is 0.580. The fourth-order valence-corrected chi connectivity index (χ4v) is 2.13. The summed E-state index contributed by atoms with van der Waals surface area (Å²) in [5, 5.41) is 1.00. The second kappa shape index (κ2) is 4.96. The zero-order valence-corrected chi connectivity index (χ0v) is 12.4. The minimum atomic E-state index is -0.167. The van der Waals surface area contributed by atoms with E-state index < -0.39 is 0 Å². The molecule has 1 aromatic carbocycles. The molecule has 0 spiro atoms. The first-order valence-electron chi connectivity index (χ1n) is 4.71. The molecule has 0 saturated heterocycles. The van der Waals surface area contributed by atoms with Crippen LogP contribution in [0.3, 0.4) is 0 Å². The van der Waals surface area contributed by atoms with E-state index in [0.717, 1.165) is 0 Å². The summed E-state index contributed by atoms with van der Waals surface area (Å²) in [5.74, 6) is 0.453. The molecule has 0 aliphatic carbocycles. The van der Waals surface area contributed by atoms with Crippen molar-refractivity contribution in [3.05, 3.63) is 47.9 Å². The Kier molecular flexibility index (Phi) is 3.75. The van der Waals surface area contributed by atoms with E-state index >= 15 is 0 Å². The molecule has 0 saturated carbocycles. The Labute approximate surface area is 121 Å². The minimum absolute atomic E-state index is 0.167. The van der Waals surface area contributed by atoms with Gasteiger partial charge in [-0.15, -0.1) is 0 Å². The molecule has 1 heterocycles. The third kappa shape index (κ3) is 2.64. The van der Waals surface area contributed by atoms with Crippen LogP contribution in [0.4, 0.5) is 0 Å². The molecule has 1 N–H and O–H groups in total. The number of aromatic nitrogens is 2. The molecule has 17 heavy (non-hydrogen) atoms. The first-order chi connectivity index (χ1) is 7.99. The lowest BCUT2D eigenvalue weighted by Crippen LogP contribution is -2.14. The lowest BCUT2D eigenvalue weighted by Gasteiger charge is -2.05. The first kappa shape index (κ1) is 12.9. The highest BCUT2D eigenvalue weighted by atomic mass is 127. The molecule has 0 aliphatic rings. The van der Waals surface area contributed by atoms with Crippen LogP contribution in [0.25, 0.3) is 11.4 Å². The van der Waals surface area contributed by atoms with Crippen molar-refractivity contribution in [3.63, 3.8) is 0 Å². The second-order valence-electron chi connectivity index (χ2n) is 3.44. The third-order valence-corrected chi connectivity index (χ3v) is 4.03. The molecule has 1 aromatic heterocycles. The number of nitrogens with zero attached hydrogens (tertiary/aromatic N) is 1. The van der Waals surface area contributed by atoms with Gasteiger partial charge in [0.2, 0.25) is 0 Å². The van der Waals surface area contributed by atoms with Crippen LogP contribution in [0.15, 0.2) is 23.0 Å². The van der Waals surface area contributed by atoms with Gasteiger partial charge in [0, 0.05) is 10.6 Å². The Morgan fingerprint density at radius 2 is 2.06 bits per heavy atom. The van der Waals surface area contributed by atoms with Gasteiger partial charge in [-0.2, -0.15) is 0 Å². The Morgan fingerprint density at radius 3 is 2.65 bits per heavy atom. The molecule has 0 unspecified atom stereocenters. The SMILES string of the molecule is Cc1nc(-c2ccc(Cl)cc2Cl)[nH]c(=O)c1I. The van der Waals surface area contributed by atoms with Crippen molar-refractivity contribution < 1.29 is 0 Å². The predicted octanol–water partition coefficient (Wildman–Crippen LogP) is 3.66. The Balaban J connectivity index is 2.65. The molecule has 6 heteroatoms. The zero-order chi connectivity index (χ0) is 12.6. The van der Waals surface area contributed by atoms with Crippen molar-refractivity contribution in [1.29, 1.82) is 0 Å². The van der Waals surface area contributed by atoms with Crippen LogP contribution in [0.1, 0.15) is 5.69 Å². The topological polar surface area (TPSA) is 45.8 Å². The Morgan fingerprint density at radius 1 is 1.35 bits per heavy atom. The normalized spacial score (nSPS) is 10.6. The summed E-state index contributed by atoms with van der Waals surface area (Å²) in [6.45, 7) is 1.78. The Hall–Kier alpha value is -0.590. The lowest BCUT2D eigenvalue weighted by molar-refractivity contribution is 1.05. The van der Waals surface area contributed by atoms with Gasteiger partial charge in [-0.1, -0.05) is 23.2 Å². The molecule has 2 aromatic rings. The summed E-state index contributed by atoms with van der Waals surface area (Å²) >= 11 is 13.8. The molecule has 88 valence electrons. The van der Waals surface area contributed by atoms with Crippen LogP contribution in [-0.4, -0.2) is 9.97 Å². The van der Waals surface area contributed by atoms with E-state index in [-0.39, 0.29) is 5.56 Å². The van der Waals surface area contributed by atoms with E-state index in [9.17, 15) is 4.79 Å². The highest BCUT2D eigenvalue weighted by molar-refractivity contribution is 14.1. The lowest BCUT2D eigenvalue weighted by atomic mass is 10.2. The zero-order valence-electron chi connectivity index (χ0n) is 8.72. The number of benzene rings is 1. The average Bonchev–Trinajstić information content (AvgIpc) is 2.25. The number of H-pyrrole nitrogens is 1. The van der Waals surface area contributed by atoms with Crippen LogP contribution in [0.2, 0.25) is 10.0 Å². The summed E-state index contributed by atoms with van der Waals surface area (Å²) in [5.41, 5.74) is 1.17. The van der Waals surface area contributed by atoms with Gasteiger partial charge in [0.15, 0.2) is 0 Å². The molecule has 0 atom stereocenters. The van der Waals surface area contributed by atoms with Crippen LogP contribution in [0.5, 0.6) is 0 Å². The van der Waals surface area contributed by atoms with Crippen LogP contribution in [0, 0.1) is 10.5 Å². The number of aryl methyl sites for hydroxylation is 1. The van der Waals surface area contributed by atoms with Gasteiger partial charge in [-0.3, -0.25) is 4.79 Å². The maximum Gasteiger partial charge on any atom is 0.264 e. The van der Waals surface area contributed by atoms with E-state index in [1.165, 1.54) is 0 Å². The van der Waals surface area contributed by atoms with Crippen LogP contribution in [-0.2, 0) is 0 Å². The third-order valence-electron chi connectivity index (χ3n) is 2.21. The molecular formula is C11H7Cl2IN2O. The molecular weight excluding hydrogens is 374 g/mol. The van der Waals surface area contributed by atoms with E-state index in [2.05, 4.69) is 9.97 Å². The first-order valence-corrected chi connectivity index (χ1v) is 6.54. The number of hydrogen-bond acceptors (Lipinski definition) is 2. The summed E-state index contributed by atoms with van der Waals surface area (Å²) in [6.07, 6.45) is 0. The number of rotatable bonds is 1. The van der Waals surface area contributed by atoms with Crippen molar-refractivity contribution in [2.75, 3.05) is 0 Å². The summed E-state index contributed by atoms with van der Waals surface area (Å²) in [4.78, 5) is 18.6. The van der Waals surface area contributed by atoms with Crippen molar-refractivity contribution in [1.82, 2.24) is 9.97 Å². The van der Waals surface area contributed by atoms with E-state index in [1.54, 1.807) is 25.1 Å². The van der Waals surface area contributed by atoms with Crippen molar-refractivity contribution in [3.8, 4) is 11.4 Å². The quantitative estimate of drug-likeness (QED) is 0.767. The van der Waals surface area contributed by atoms with Gasteiger partial charge < -0.3 is 4.98 Å². The monoisotopic (exact) mass is 380 g/mol. The smallest absolute Gasteiger partial charge is 0.264 e. The van der Waals surface area contributed by atoms with Gasteiger partial charge in [-0.25, -0.2) is 4.98 Å². The molecule has 0 radical (unpaired) electrons. The molecule has 0 aliphatic heterocycles. The fraction of sp³-hybridized carbons (Fsp3) is 0.0909. The standard InChI is InChI=1S/C11H7Cl2IN2O/c1-5-9(14)11(17)16-10(15-5)7-3-2-6(12)4-8(7)13/h2-4H,1H3,(H,15,16,17). The highest BCUT2D eigenvalue weighted by Gasteiger charge is 2.10. The van der Waals surface area contributed by atoms with Gasteiger partial charge in [-0.05, 0) is 47.7 Å².